The van der Waals surface area contributed by atoms with Crippen molar-refractivity contribution in [2.24, 2.45) is 7.05 Å². The summed E-state index contributed by atoms with van der Waals surface area (Å²) in [6.45, 7) is 7.37. The van der Waals surface area contributed by atoms with Gasteiger partial charge in [-0.3, -0.25) is 4.68 Å². The van der Waals surface area contributed by atoms with Crippen LogP contribution < -0.4 is 5.32 Å². The Balaban J connectivity index is 2.29. The monoisotopic (exact) mass is 258 g/mol. The molecule has 2 aromatic rings. The van der Waals surface area contributed by atoms with Crippen molar-refractivity contribution >= 4 is 0 Å². The van der Waals surface area contributed by atoms with Crippen LogP contribution in [-0.2, 0) is 13.5 Å². The van der Waals surface area contributed by atoms with Crippen LogP contribution in [0.4, 0.5) is 0 Å². The highest BCUT2D eigenvalue weighted by atomic mass is 15.3. The summed E-state index contributed by atoms with van der Waals surface area (Å²) < 4.78 is 1.84. The maximum atomic E-state index is 4.33. The zero-order valence-corrected chi connectivity index (χ0v) is 12.1. The van der Waals surface area contributed by atoms with Crippen LogP contribution in [0.3, 0.4) is 0 Å². The van der Waals surface area contributed by atoms with Gasteiger partial charge in [0.1, 0.15) is 12.2 Å². The molecule has 0 radical (unpaired) electrons. The average molecular weight is 258 g/mol. The topological polar surface area (TPSA) is 42.7 Å². The summed E-state index contributed by atoms with van der Waals surface area (Å²) in [6.07, 6.45) is 2.47. The van der Waals surface area contributed by atoms with E-state index in [4.69, 9.17) is 0 Å². The van der Waals surface area contributed by atoms with Crippen LogP contribution in [0.5, 0.6) is 0 Å². The number of aryl methyl sites for hydroxylation is 3. The van der Waals surface area contributed by atoms with Gasteiger partial charge in [-0.05, 0) is 31.5 Å². The van der Waals surface area contributed by atoms with E-state index in [0.29, 0.717) is 0 Å². The largest absolute Gasteiger partial charge is 0.310 e. The smallest absolute Gasteiger partial charge is 0.138 e. The zero-order valence-electron chi connectivity index (χ0n) is 12.1. The Bertz CT molecular complexity index is 545. The minimum atomic E-state index is 0.285. The zero-order chi connectivity index (χ0) is 13.8. The molecule has 4 nitrogen and oxygen atoms in total. The molecule has 2 rings (SSSR count). The molecule has 1 atom stereocenters. The molecule has 0 fully saturated rings. The molecule has 0 spiro atoms. The Morgan fingerprint density at radius 1 is 1.32 bits per heavy atom. The molecule has 1 unspecified atom stereocenters. The molecule has 1 N–H and O–H groups in total. The third kappa shape index (κ3) is 3.20. The Morgan fingerprint density at radius 3 is 2.74 bits per heavy atom. The first-order valence-corrected chi connectivity index (χ1v) is 6.75. The summed E-state index contributed by atoms with van der Waals surface area (Å²) in [5.41, 5.74) is 3.96. The van der Waals surface area contributed by atoms with Crippen molar-refractivity contribution in [3.8, 4) is 0 Å². The molecular weight excluding hydrogens is 236 g/mol. The maximum absolute atomic E-state index is 4.33. The molecule has 0 bridgehead atoms. The Hall–Kier alpha value is -1.68. The summed E-state index contributed by atoms with van der Waals surface area (Å²) in [7, 11) is 1.94. The summed E-state index contributed by atoms with van der Waals surface area (Å²) in [5, 5.41) is 7.69. The highest BCUT2D eigenvalue weighted by Gasteiger charge is 2.16. The van der Waals surface area contributed by atoms with Crippen LogP contribution in [0.25, 0.3) is 0 Å². The number of aromatic nitrogens is 3. The molecular formula is C15H22N4. The molecule has 0 aliphatic carbocycles. The SMILES string of the molecule is CCNC(Cc1ncnn1C)c1cc(C)ccc1C. The number of benzene rings is 1. The van der Waals surface area contributed by atoms with Gasteiger partial charge in [0.2, 0.25) is 0 Å². The summed E-state index contributed by atoms with van der Waals surface area (Å²) in [5.74, 6) is 1.01. The first-order valence-electron chi connectivity index (χ1n) is 6.75. The second kappa shape index (κ2) is 5.97. The average Bonchev–Trinajstić information content (AvgIpc) is 2.78. The van der Waals surface area contributed by atoms with Crippen molar-refractivity contribution in [1.82, 2.24) is 20.1 Å². The normalized spacial score (nSPS) is 12.6. The molecule has 0 amide bonds. The van der Waals surface area contributed by atoms with E-state index in [1.54, 1.807) is 6.33 Å². The van der Waals surface area contributed by atoms with Gasteiger partial charge in [0, 0.05) is 19.5 Å². The van der Waals surface area contributed by atoms with Crippen molar-refractivity contribution in [2.75, 3.05) is 6.54 Å². The van der Waals surface area contributed by atoms with Crippen LogP contribution in [0.15, 0.2) is 24.5 Å². The second-order valence-electron chi connectivity index (χ2n) is 4.97. The summed E-state index contributed by atoms with van der Waals surface area (Å²) in [4.78, 5) is 4.33. The van der Waals surface area contributed by atoms with Crippen molar-refractivity contribution in [3.05, 3.63) is 47.0 Å². The molecule has 4 heteroatoms. The number of hydrogen-bond donors (Lipinski definition) is 1. The fraction of sp³-hybridized carbons (Fsp3) is 0.467. The van der Waals surface area contributed by atoms with Crippen LogP contribution >= 0.6 is 0 Å². The fourth-order valence-electron chi connectivity index (χ4n) is 2.36. The molecule has 1 heterocycles. The molecule has 0 saturated carbocycles. The van der Waals surface area contributed by atoms with Gasteiger partial charge in [0.05, 0.1) is 0 Å². The molecule has 102 valence electrons. The third-order valence-corrected chi connectivity index (χ3v) is 3.45. The Morgan fingerprint density at radius 2 is 2.11 bits per heavy atom. The van der Waals surface area contributed by atoms with Crippen LogP contribution in [0, 0.1) is 13.8 Å². The van der Waals surface area contributed by atoms with E-state index in [2.05, 4.69) is 54.4 Å². The van der Waals surface area contributed by atoms with Gasteiger partial charge in [-0.15, -0.1) is 0 Å². The number of nitrogens with zero attached hydrogens (tertiary/aromatic N) is 3. The lowest BCUT2D eigenvalue weighted by atomic mass is 9.96. The standard InChI is InChI=1S/C15H22N4/c1-5-16-14(9-15-17-10-18-19(15)4)13-8-11(2)6-7-12(13)3/h6-8,10,14,16H,5,9H2,1-4H3. The van der Waals surface area contributed by atoms with Gasteiger partial charge >= 0.3 is 0 Å². The number of likely N-dealkylation sites (N-methyl/N-ethyl adjacent to an activating group) is 1. The number of hydrogen-bond acceptors (Lipinski definition) is 3. The van der Waals surface area contributed by atoms with E-state index in [0.717, 1.165) is 18.8 Å². The van der Waals surface area contributed by atoms with Gasteiger partial charge in [-0.25, -0.2) is 4.98 Å². The molecule has 0 aliphatic heterocycles. The van der Waals surface area contributed by atoms with Crippen molar-refractivity contribution in [3.63, 3.8) is 0 Å². The lowest BCUT2D eigenvalue weighted by Gasteiger charge is -2.20. The minimum Gasteiger partial charge on any atom is -0.310 e. The van der Waals surface area contributed by atoms with Crippen molar-refractivity contribution < 1.29 is 0 Å². The van der Waals surface area contributed by atoms with Gasteiger partial charge in [-0.2, -0.15) is 5.10 Å². The number of rotatable bonds is 5. The predicted molar refractivity (Wildman–Crippen MR) is 77.0 cm³/mol. The van der Waals surface area contributed by atoms with Gasteiger partial charge in [0.25, 0.3) is 0 Å². The maximum Gasteiger partial charge on any atom is 0.138 e. The van der Waals surface area contributed by atoms with E-state index in [9.17, 15) is 0 Å². The van der Waals surface area contributed by atoms with Crippen molar-refractivity contribution in [2.45, 2.75) is 33.2 Å². The van der Waals surface area contributed by atoms with E-state index in [1.807, 2.05) is 11.7 Å². The third-order valence-electron chi connectivity index (χ3n) is 3.45. The quantitative estimate of drug-likeness (QED) is 0.895. The van der Waals surface area contributed by atoms with E-state index in [1.165, 1.54) is 16.7 Å². The molecule has 1 aromatic carbocycles. The molecule has 1 aromatic heterocycles. The van der Waals surface area contributed by atoms with Crippen LogP contribution in [-0.4, -0.2) is 21.3 Å². The minimum absolute atomic E-state index is 0.285. The van der Waals surface area contributed by atoms with E-state index in [-0.39, 0.29) is 6.04 Å². The second-order valence-corrected chi connectivity index (χ2v) is 4.97. The molecule has 0 saturated heterocycles. The first-order chi connectivity index (χ1) is 9.11. The van der Waals surface area contributed by atoms with E-state index < -0.39 is 0 Å². The summed E-state index contributed by atoms with van der Waals surface area (Å²) >= 11 is 0. The van der Waals surface area contributed by atoms with Gasteiger partial charge in [-0.1, -0.05) is 30.7 Å². The highest BCUT2D eigenvalue weighted by molar-refractivity contribution is 5.33. The lowest BCUT2D eigenvalue weighted by molar-refractivity contribution is 0.520. The highest BCUT2D eigenvalue weighted by Crippen LogP contribution is 2.22. The van der Waals surface area contributed by atoms with Gasteiger partial charge in [0.15, 0.2) is 0 Å². The summed E-state index contributed by atoms with van der Waals surface area (Å²) in [6, 6.07) is 6.89. The predicted octanol–water partition coefficient (Wildman–Crippen LogP) is 2.33. The Labute approximate surface area is 114 Å². The lowest BCUT2D eigenvalue weighted by Crippen LogP contribution is -2.25. The first kappa shape index (κ1) is 13.7. The van der Waals surface area contributed by atoms with Crippen LogP contribution in [0.1, 0.15) is 35.5 Å². The van der Waals surface area contributed by atoms with Gasteiger partial charge < -0.3 is 5.32 Å². The van der Waals surface area contributed by atoms with Crippen molar-refractivity contribution in [1.29, 1.82) is 0 Å². The van der Waals surface area contributed by atoms with E-state index >= 15 is 0 Å². The number of nitrogens with one attached hydrogen (secondary N) is 1. The Kier molecular flexibility index (Phi) is 4.32. The molecule has 0 aliphatic rings. The molecule has 19 heavy (non-hydrogen) atoms. The van der Waals surface area contributed by atoms with Crippen LogP contribution in [0.2, 0.25) is 0 Å². The fourth-order valence-corrected chi connectivity index (χ4v) is 2.36.